The zero-order valence-electron chi connectivity index (χ0n) is 11.1. The first-order valence-corrected chi connectivity index (χ1v) is 6.34. The molecule has 1 aromatic rings. The summed E-state index contributed by atoms with van der Waals surface area (Å²) in [4.78, 5) is 0. The fourth-order valence-corrected chi connectivity index (χ4v) is 2.34. The van der Waals surface area contributed by atoms with Crippen molar-refractivity contribution in [2.24, 2.45) is 0 Å². The Kier molecular flexibility index (Phi) is 4.19. The van der Waals surface area contributed by atoms with E-state index in [-0.39, 0.29) is 18.0 Å². The maximum absolute atomic E-state index is 13.1. The molecule has 0 heterocycles. The molecule has 3 unspecified atom stereocenters. The summed E-state index contributed by atoms with van der Waals surface area (Å²) in [5.74, 6) is 0.501. The molecule has 0 radical (unpaired) electrons. The molecule has 0 bridgehead atoms. The number of methoxy groups -OCH3 is 1. The number of rotatable bonds is 5. The van der Waals surface area contributed by atoms with Crippen LogP contribution >= 0.6 is 0 Å². The summed E-state index contributed by atoms with van der Waals surface area (Å²) in [5, 5.41) is 3.35. The van der Waals surface area contributed by atoms with E-state index in [0.717, 1.165) is 13.0 Å². The zero-order chi connectivity index (χ0) is 13.1. The normalized spacial score (nSPS) is 26.8. The molecule has 18 heavy (non-hydrogen) atoms. The molecule has 100 valence electrons. The number of ether oxygens (including phenoxy) is 2. The lowest BCUT2D eigenvalue weighted by molar-refractivity contribution is -0.0884. The van der Waals surface area contributed by atoms with Crippen LogP contribution in [0.5, 0.6) is 5.75 Å². The van der Waals surface area contributed by atoms with Gasteiger partial charge in [-0.2, -0.15) is 0 Å². The smallest absolute Gasteiger partial charge is 0.128 e. The second kappa shape index (κ2) is 5.67. The van der Waals surface area contributed by atoms with Crippen LogP contribution in [0, 0.1) is 12.7 Å². The second-order valence-electron chi connectivity index (χ2n) is 4.67. The number of likely N-dealkylation sites (N-methyl/N-ethyl adjacent to an activating group) is 1. The lowest BCUT2D eigenvalue weighted by Gasteiger charge is -2.43. The molecule has 0 saturated heterocycles. The highest BCUT2D eigenvalue weighted by atomic mass is 19.1. The monoisotopic (exact) mass is 253 g/mol. The van der Waals surface area contributed by atoms with Crippen molar-refractivity contribution >= 4 is 0 Å². The number of aryl methyl sites for hydroxylation is 1. The van der Waals surface area contributed by atoms with E-state index in [1.807, 2.05) is 0 Å². The van der Waals surface area contributed by atoms with Crippen LogP contribution in [0.1, 0.15) is 18.9 Å². The molecule has 0 aromatic heterocycles. The van der Waals surface area contributed by atoms with Gasteiger partial charge in [-0.1, -0.05) is 6.92 Å². The standard InChI is InChI=1S/C14H20FNO2/c1-4-16-12-8-13(14(12)17-3)18-10-5-6-11(15)9(2)7-10/h5-7,12-14,16H,4,8H2,1-3H3. The molecule has 2 rings (SSSR count). The minimum absolute atomic E-state index is 0.0453. The van der Waals surface area contributed by atoms with Crippen LogP contribution in [-0.4, -0.2) is 31.9 Å². The van der Waals surface area contributed by atoms with Crippen LogP contribution in [0.4, 0.5) is 4.39 Å². The van der Waals surface area contributed by atoms with Crippen molar-refractivity contribution in [3.05, 3.63) is 29.6 Å². The summed E-state index contributed by atoms with van der Waals surface area (Å²) < 4.78 is 24.4. The summed E-state index contributed by atoms with van der Waals surface area (Å²) in [6.45, 7) is 4.73. The molecule has 0 amide bonds. The van der Waals surface area contributed by atoms with E-state index in [0.29, 0.717) is 17.4 Å². The van der Waals surface area contributed by atoms with Crippen LogP contribution < -0.4 is 10.1 Å². The van der Waals surface area contributed by atoms with E-state index in [1.165, 1.54) is 6.07 Å². The minimum atomic E-state index is -0.204. The van der Waals surface area contributed by atoms with Gasteiger partial charge in [-0.3, -0.25) is 0 Å². The van der Waals surface area contributed by atoms with Crippen molar-refractivity contribution in [3.63, 3.8) is 0 Å². The lowest BCUT2D eigenvalue weighted by atomic mass is 9.85. The molecule has 3 atom stereocenters. The van der Waals surface area contributed by atoms with Gasteiger partial charge in [0.1, 0.15) is 23.8 Å². The largest absolute Gasteiger partial charge is 0.488 e. The third-order valence-corrected chi connectivity index (χ3v) is 3.40. The highest BCUT2D eigenvalue weighted by Gasteiger charge is 2.42. The summed E-state index contributed by atoms with van der Waals surface area (Å²) >= 11 is 0. The van der Waals surface area contributed by atoms with Crippen molar-refractivity contribution in [2.75, 3.05) is 13.7 Å². The Morgan fingerprint density at radius 1 is 1.44 bits per heavy atom. The van der Waals surface area contributed by atoms with Gasteiger partial charge in [0.05, 0.1) is 0 Å². The molecule has 0 spiro atoms. The van der Waals surface area contributed by atoms with Gasteiger partial charge in [0, 0.05) is 19.6 Å². The number of hydrogen-bond acceptors (Lipinski definition) is 3. The summed E-state index contributed by atoms with van der Waals surface area (Å²) in [6.07, 6.45) is 1.03. The van der Waals surface area contributed by atoms with Crippen molar-refractivity contribution in [1.82, 2.24) is 5.32 Å². The van der Waals surface area contributed by atoms with Crippen LogP contribution in [0.15, 0.2) is 18.2 Å². The highest BCUT2D eigenvalue weighted by molar-refractivity contribution is 5.29. The second-order valence-corrected chi connectivity index (χ2v) is 4.67. The maximum atomic E-state index is 13.1. The van der Waals surface area contributed by atoms with Gasteiger partial charge in [0.25, 0.3) is 0 Å². The molecule has 1 aliphatic carbocycles. The van der Waals surface area contributed by atoms with Crippen molar-refractivity contribution in [3.8, 4) is 5.75 Å². The van der Waals surface area contributed by atoms with Gasteiger partial charge in [0.15, 0.2) is 0 Å². The van der Waals surface area contributed by atoms with E-state index in [1.54, 1.807) is 26.2 Å². The topological polar surface area (TPSA) is 30.5 Å². The number of halogens is 1. The van der Waals surface area contributed by atoms with E-state index in [4.69, 9.17) is 9.47 Å². The van der Waals surface area contributed by atoms with E-state index < -0.39 is 0 Å². The number of benzene rings is 1. The SMILES string of the molecule is CCNC1CC(Oc2ccc(F)c(C)c2)C1OC. The van der Waals surface area contributed by atoms with Gasteiger partial charge >= 0.3 is 0 Å². The Labute approximate surface area is 107 Å². The Morgan fingerprint density at radius 2 is 2.22 bits per heavy atom. The predicted molar refractivity (Wildman–Crippen MR) is 68.4 cm³/mol. The molecule has 1 fully saturated rings. The fraction of sp³-hybridized carbons (Fsp3) is 0.571. The molecule has 1 saturated carbocycles. The van der Waals surface area contributed by atoms with Crippen LogP contribution in [-0.2, 0) is 4.74 Å². The average Bonchev–Trinajstić information content (AvgIpc) is 2.32. The third-order valence-electron chi connectivity index (χ3n) is 3.40. The molecule has 0 aliphatic heterocycles. The van der Waals surface area contributed by atoms with Crippen LogP contribution in [0.25, 0.3) is 0 Å². The number of hydrogen-bond donors (Lipinski definition) is 1. The highest BCUT2D eigenvalue weighted by Crippen LogP contribution is 2.29. The Morgan fingerprint density at radius 3 is 2.83 bits per heavy atom. The van der Waals surface area contributed by atoms with Gasteiger partial charge < -0.3 is 14.8 Å². The van der Waals surface area contributed by atoms with Crippen molar-refractivity contribution in [1.29, 1.82) is 0 Å². The molecule has 3 nitrogen and oxygen atoms in total. The van der Waals surface area contributed by atoms with Gasteiger partial charge in [-0.05, 0) is 37.2 Å². The molecule has 1 N–H and O–H groups in total. The lowest BCUT2D eigenvalue weighted by Crippen LogP contribution is -2.60. The van der Waals surface area contributed by atoms with Crippen LogP contribution in [0.2, 0.25) is 0 Å². The molecule has 4 heteroatoms. The first-order chi connectivity index (χ1) is 8.65. The maximum Gasteiger partial charge on any atom is 0.128 e. The summed E-state index contributed by atoms with van der Waals surface area (Å²) in [7, 11) is 1.69. The zero-order valence-corrected chi connectivity index (χ0v) is 11.1. The van der Waals surface area contributed by atoms with E-state index >= 15 is 0 Å². The van der Waals surface area contributed by atoms with Gasteiger partial charge in [-0.15, -0.1) is 0 Å². The first-order valence-electron chi connectivity index (χ1n) is 6.34. The average molecular weight is 253 g/mol. The molecular weight excluding hydrogens is 233 g/mol. The molecular formula is C14H20FNO2. The quantitative estimate of drug-likeness (QED) is 0.873. The van der Waals surface area contributed by atoms with Crippen molar-refractivity contribution < 1.29 is 13.9 Å². The number of nitrogens with one attached hydrogen (secondary N) is 1. The molecule has 1 aromatic carbocycles. The summed E-state index contributed by atoms with van der Waals surface area (Å²) in [6, 6.07) is 5.18. The van der Waals surface area contributed by atoms with Gasteiger partial charge in [0.2, 0.25) is 0 Å². The minimum Gasteiger partial charge on any atom is -0.488 e. The van der Waals surface area contributed by atoms with E-state index in [2.05, 4.69) is 12.2 Å². The first kappa shape index (κ1) is 13.3. The third kappa shape index (κ3) is 2.65. The Balaban J connectivity index is 1.96. The van der Waals surface area contributed by atoms with Crippen LogP contribution in [0.3, 0.4) is 0 Å². The fourth-order valence-electron chi connectivity index (χ4n) is 2.34. The van der Waals surface area contributed by atoms with E-state index in [9.17, 15) is 4.39 Å². The Hall–Kier alpha value is -1.13. The Bertz CT molecular complexity index is 411. The van der Waals surface area contributed by atoms with Gasteiger partial charge in [-0.25, -0.2) is 4.39 Å². The predicted octanol–water partition coefficient (Wildman–Crippen LogP) is 2.28. The summed E-state index contributed by atoms with van der Waals surface area (Å²) in [5.41, 5.74) is 0.601. The molecule has 1 aliphatic rings. The van der Waals surface area contributed by atoms with Crippen molar-refractivity contribution in [2.45, 2.75) is 38.5 Å².